The van der Waals surface area contributed by atoms with E-state index in [1.807, 2.05) is 57.2 Å². The number of carbonyl (C=O) groups excluding carboxylic acids is 1. The smallest absolute Gasteiger partial charge is 0.223 e. The highest BCUT2D eigenvalue weighted by molar-refractivity contribution is 5.95. The Morgan fingerprint density at radius 2 is 1.92 bits per heavy atom. The van der Waals surface area contributed by atoms with E-state index in [9.17, 15) is 4.79 Å². The van der Waals surface area contributed by atoms with Crippen LogP contribution in [0.25, 0.3) is 50.4 Å². The Labute approximate surface area is 207 Å². The molecule has 5 heterocycles. The third kappa shape index (κ3) is 4.46. The van der Waals surface area contributed by atoms with Crippen LogP contribution in [0, 0.1) is 0 Å². The predicted molar refractivity (Wildman–Crippen MR) is 139 cm³/mol. The van der Waals surface area contributed by atoms with Crippen LogP contribution in [0.4, 0.5) is 0 Å². The maximum Gasteiger partial charge on any atom is 0.223 e. The van der Waals surface area contributed by atoms with E-state index in [0.717, 1.165) is 44.8 Å². The first-order chi connectivity index (χ1) is 17.4. The van der Waals surface area contributed by atoms with E-state index in [4.69, 9.17) is 14.4 Å². The Morgan fingerprint density at radius 3 is 2.67 bits per heavy atom. The number of nitrogens with zero attached hydrogens (tertiary/aromatic N) is 4. The number of aromatic amines is 2. The lowest BCUT2D eigenvalue weighted by atomic mass is 10.1. The molecule has 1 amide bonds. The fourth-order valence-corrected chi connectivity index (χ4v) is 3.92. The molecule has 0 aliphatic rings. The molecule has 0 radical (unpaired) electrons. The molecule has 5 rings (SSSR count). The van der Waals surface area contributed by atoms with E-state index in [-0.39, 0.29) is 5.91 Å². The minimum Gasteiger partial charge on any atom is -0.472 e. The standard InChI is InChI=1S/C27H25N7O2/c1-5-22(35)29-16(4)13-18(12-15(2)3)19-6-7-21-25(30-19)26(34-33-21)27-31-20-8-10-28-23(24(20)32-27)17-9-11-36-14-17/h6-14H,2,5H2,1,3-4H3,(H,29,35)(H,31,32)(H,33,34)/b16-13+,18-12+. The van der Waals surface area contributed by atoms with Crippen LogP contribution in [0.1, 0.15) is 32.9 Å². The van der Waals surface area contributed by atoms with Gasteiger partial charge in [0.1, 0.15) is 16.7 Å². The number of amides is 1. The first-order valence-corrected chi connectivity index (χ1v) is 11.5. The molecule has 3 N–H and O–H groups in total. The number of hydrogen-bond acceptors (Lipinski definition) is 6. The summed E-state index contributed by atoms with van der Waals surface area (Å²) < 4.78 is 5.23. The first-order valence-electron chi connectivity index (χ1n) is 11.5. The number of aromatic nitrogens is 6. The molecule has 9 nitrogen and oxygen atoms in total. The fourth-order valence-electron chi connectivity index (χ4n) is 3.92. The molecule has 180 valence electrons. The quantitative estimate of drug-likeness (QED) is 0.263. The van der Waals surface area contributed by atoms with Crippen LogP contribution >= 0.6 is 0 Å². The van der Waals surface area contributed by atoms with Crippen molar-refractivity contribution < 1.29 is 9.21 Å². The van der Waals surface area contributed by atoms with Gasteiger partial charge in [-0.25, -0.2) is 9.97 Å². The molecule has 5 aromatic heterocycles. The second-order valence-corrected chi connectivity index (χ2v) is 8.49. The second kappa shape index (κ2) is 9.46. The Hall–Kier alpha value is -4.79. The highest BCUT2D eigenvalue weighted by Crippen LogP contribution is 2.30. The number of hydrogen-bond donors (Lipinski definition) is 3. The summed E-state index contributed by atoms with van der Waals surface area (Å²) >= 11 is 0. The van der Waals surface area contributed by atoms with Crippen LogP contribution in [0.5, 0.6) is 0 Å². The molecule has 0 unspecified atom stereocenters. The summed E-state index contributed by atoms with van der Waals surface area (Å²) in [7, 11) is 0. The number of nitrogens with one attached hydrogen (secondary N) is 3. The number of imidazole rings is 1. The predicted octanol–water partition coefficient (Wildman–Crippen LogP) is 5.55. The lowest BCUT2D eigenvalue weighted by Crippen LogP contribution is -2.19. The topological polar surface area (TPSA) is 125 Å². The van der Waals surface area contributed by atoms with Crippen molar-refractivity contribution in [2.45, 2.75) is 27.2 Å². The zero-order valence-corrected chi connectivity index (χ0v) is 20.2. The number of allylic oxidation sites excluding steroid dienone is 5. The van der Waals surface area contributed by atoms with Crippen LogP contribution in [0.2, 0.25) is 0 Å². The number of fused-ring (bicyclic) bond motifs is 2. The summed E-state index contributed by atoms with van der Waals surface area (Å²) in [5, 5.41) is 10.4. The van der Waals surface area contributed by atoms with Gasteiger partial charge in [0.05, 0.1) is 29.3 Å². The van der Waals surface area contributed by atoms with Gasteiger partial charge in [0.15, 0.2) is 11.5 Å². The zero-order chi connectivity index (χ0) is 25.2. The van der Waals surface area contributed by atoms with Gasteiger partial charge in [0.25, 0.3) is 0 Å². The summed E-state index contributed by atoms with van der Waals surface area (Å²) in [6, 6.07) is 7.55. The normalized spacial score (nSPS) is 12.4. The zero-order valence-electron chi connectivity index (χ0n) is 20.2. The molecule has 0 aliphatic carbocycles. The van der Waals surface area contributed by atoms with Gasteiger partial charge in [-0.1, -0.05) is 25.2 Å². The second-order valence-electron chi connectivity index (χ2n) is 8.49. The number of rotatable bonds is 7. The van der Waals surface area contributed by atoms with E-state index in [2.05, 4.69) is 32.1 Å². The fraction of sp³-hybridized carbons (Fsp3) is 0.148. The number of furan rings is 1. The molecule has 5 aromatic rings. The third-order valence-corrected chi connectivity index (χ3v) is 5.55. The average Bonchev–Trinajstić information content (AvgIpc) is 3.61. The molecular formula is C27H25N7O2. The monoisotopic (exact) mass is 479 g/mol. The molecule has 0 saturated carbocycles. The van der Waals surface area contributed by atoms with E-state index in [0.29, 0.717) is 29.0 Å². The first kappa shape index (κ1) is 23.0. The van der Waals surface area contributed by atoms with Crippen molar-refractivity contribution in [3.63, 3.8) is 0 Å². The number of H-pyrrole nitrogens is 2. The maximum absolute atomic E-state index is 11.8. The Morgan fingerprint density at radius 1 is 1.08 bits per heavy atom. The third-order valence-electron chi connectivity index (χ3n) is 5.55. The largest absolute Gasteiger partial charge is 0.472 e. The van der Waals surface area contributed by atoms with Crippen molar-refractivity contribution in [3.8, 4) is 22.8 Å². The molecule has 0 aliphatic heterocycles. The van der Waals surface area contributed by atoms with Gasteiger partial charge in [-0.15, -0.1) is 0 Å². The van der Waals surface area contributed by atoms with Crippen molar-refractivity contribution in [1.82, 2.24) is 35.5 Å². The van der Waals surface area contributed by atoms with Gasteiger partial charge < -0.3 is 14.7 Å². The Bertz CT molecular complexity index is 1650. The van der Waals surface area contributed by atoms with Crippen molar-refractivity contribution in [1.29, 1.82) is 0 Å². The molecule has 0 fully saturated rings. The van der Waals surface area contributed by atoms with Gasteiger partial charge >= 0.3 is 0 Å². The molecule has 0 saturated heterocycles. The molecule has 0 aromatic carbocycles. The molecular weight excluding hydrogens is 454 g/mol. The van der Waals surface area contributed by atoms with E-state index in [1.165, 1.54) is 0 Å². The molecule has 0 atom stereocenters. The van der Waals surface area contributed by atoms with Crippen LogP contribution in [0.3, 0.4) is 0 Å². The SMILES string of the molecule is C=C(C)/C=C(\C=C(/C)NC(=O)CC)c1ccc2[nH]nc(-c3nc4c(-c5ccoc5)nccc4[nH]3)c2n1. The van der Waals surface area contributed by atoms with E-state index >= 15 is 0 Å². The highest BCUT2D eigenvalue weighted by Gasteiger charge is 2.18. The summed E-state index contributed by atoms with van der Waals surface area (Å²) in [6.45, 7) is 9.59. The summed E-state index contributed by atoms with van der Waals surface area (Å²) in [5.41, 5.74) is 8.27. The lowest BCUT2D eigenvalue weighted by Gasteiger charge is -2.07. The Balaban J connectivity index is 1.60. The maximum atomic E-state index is 11.8. The average molecular weight is 480 g/mol. The van der Waals surface area contributed by atoms with Crippen LogP contribution < -0.4 is 5.32 Å². The van der Waals surface area contributed by atoms with Crippen LogP contribution in [0.15, 0.2) is 77.4 Å². The number of pyridine rings is 2. The molecule has 0 bridgehead atoms. The minimum absolute atomic E-state index is 0.0480. The van der Waals surface area contributed by atoms with Gasteiger partial charge in [-0.2, -0.15) is 5.10 Å². The van der Waals surface area contributed by atoms with Crippen molar-refractivity contribution in [2.75, 3.05) is 0 Å². The van der Waals surface area contributed by atoms with Gasteiger partial charge in [0.2, 0.25) is 5.91 Å². The van der Waals surface area contributed by atoms with Crippen molar-refractivity contribution in [2.24, 2.45) is 0 Å². The van der Waals surface area contributed by atoms with Gasteiger partial charge in [-0.3, -0.25) is 14.9 Å². The van der Waals surface area contributed by atoms with Crippen LogP contribution in [-0.2, 0) is 4.79 Å². The summed E-state index contributed by atoms with van der Waals surface area (Å²) in [6.07, 6.45) is 9.20. The molecule has 0 spiro atoms. The molecule has 9 heteroatoms. The van der Waals surface area contributed by atoms with Gasteiger partial charge in [0, 0.05) is 29.5 Å². The van der Waals surface area contributed by atoms with E-state index in [1.54, 1.807) is 18.7 Å². The van der Waals surface area contributed by atoms with Gasteiger partial charge in [-0.05, 0) is 44.2 Å². The molecule has 36 heavy (non-hydrogen) atoms. The van der Waals surface area contributed by atoms with Crippen molar-refractivity contribution in [3.05, 3.63) is 78.7 Å². The minimum atomic E-state index is -0.0480. The lowest BCUT2D eigenvalue weighted by molar-refractivity contribution is -0.120. The summed E-state index contributed by atoms with van der Waals surface area (Å²) in [5.74, 6) is 0.527. The summed E-state index contributed by atoms with van der Waals surface area (Å²) in [4.78, 5) is 29.4. The Kier molecular flexibility index (Phi) is 6.03. The van der Waals surface area contributed by atoms with E-state index < -0.39 is 0 Å². The highest BCUT2D eigenvalue weighted by atomic mass is 16.3. The number of carbonyl (C=O) groups is 1. The van der Waals surface area contributed by atoms with Crippen LogP contribution in [-0.4, -0.2) is 36.0 Å². The van der Waals surface area contributed by atoms with Crippen molar-refractivity contribution >= 4 is 33.5 Å².